The maximum absolute atomic E-state index is 11.8. The molecule has 0 aliphatic carbocycles. The maximum atomic E-state index is 11.8. The zero-order valence-corrected chi connectivity index (χ0v) is 12.8. The minimum Gasteiger partial charge on any atom is -0.451 e. The molecule has 0 saturated carbocycles. The molecule has 1 aliphatic heterocycles. The van der Waals surface area contributed by atoms with Crippen LogP contribution in [0.2, 0.25) is 0 Å². The lowest BCUT2D eigenvalue weighted by atomic mass is 10.2. The van der Waals surface area contributed by atoms with Gasteiger partial charge < -0.3 is 19.4 Å². The van der Waals surface area contributed by atoms with Gasteiger partial charge in [-0.15, -0.1) is 0 Å². The van der Waals surface area contributed by atoms with Crippen molar-refractivity contribution in [3.63, 3.8) is 0 Å². The average Bonchev–Trinajstić information content (AvgIpc) is 3.03. The molecule has 7 heteroatoms. The monoisotopic (exact) mass is 344 g/mol. The summed E-state index contributed by atoms with van der Waals surface area (Å²) in [5, 5.41) is 2.69. The maximum Gasteiger partial charge on any atom is 0.355 e. The lowest BCUT2D eigenvalue weighted by Crippen LogP contribution is -2.34. The molecule has 0 spiro atoms. The van der Waals surface area contributed by atoms with E-state index in [2.05, 4.69) is 21.2 Å². The summed E-state index contributed by atoms with van der Waals surface area (Å²) in [6.07, 6.45) is 3.81. The van der Waals surface area contributed by atoms with E-state index in [0.29, 0.717) is 12.2 Å². The first kappa shape index (κ1) is 15.1. The number of hydrogen-bond acceptors (Lipinski definition) is 4. The van der Waals surface area contributed by atoms with E-state index < -0.39 is 5.97 Å². The Hall–Kier alpha value is -1.34. The quantitative estimate of drug-likeness (QED) is 0.816. The molecule has 1 amide bonds. The summed E-state index contributed by atoms with van der Waals surface area (Å²) in [5.74, 6) is -0.840. The van der Waals surface area contributed by atoms with E-state index >= 15 is 0 Å². The summed E-state index contributed by atoms with van der Waals surface area (Å²) in [6, 6.07) is 1.65. The zero-order valence-electron chi connectivity index (χ0n) is 11.2. The van der Waals surface area contributed by atoms with Crippen LogP contribution < -0.4 is 5.32 Å². The number of nitrogens with one attached hydrogen (secondary N) is 1. The molecule has 1 aliphatic rings. The lowest BCUT2D eigenvalue weighted by Gasteiger charge is -2.11. The molecule has 1 atom stereocenters. The van der Waals surface area contributed by atoms with Crippen LogP contribution in [0.15, 0.2) is 16.7 Å². The number of amides is 1. The highest BCUT2D eigenvalue weighted by Crippen LogP contribution is 2.14. The summed E-state index contributed by atoms with van der Waals surface area (Å²) in [4.78, 5) is 23.3. The van der Waals surface area contributed by atoms with Crippen molar-refractivity contribution in [3.8, 4) is 0 Å². The zero-order chi connectivity index (χ0) is 14.5. The number of carbonyl (C=O) groups excluding carboxylic acids is 2. The minimum atomic E-state index is -0.523. The van der Waals surface area contributed by atoms with Crippen LogP contribution in [0.1, 0.15) is 23.3 Å². The SMILES string of the molecule is Cn1cc(Br)cc1C(=O)OCC(=O)NCC1CCCO1. The molecule has 110 valence electrons. The second kappa shape index (κ2) is 6.90. The van der Waals surface area contributed by atoms with Gasteiger partial charge in [-0.3, -0.25) is 4.79 Å². The molecule has 2 heterocycles. The van der Waals surface area contributed by atoms with Gasteiger partial charge in [0.1, 0.15) is 5.69 Å². The highest BCUT2D eigenvalue weighted by Gasteiger charge is 2.17. The van der Waals surface area contributed by atoms with Gasteiger partial charge >= 0.3 is 5.97 Å². The number of esters is 1. The number of carbonyl (C=O) groups is 2. The van der Waals surface area contributed by atoms with E-state index in [1.165, 1.54) is 0 Å². The van der Waals surface area contributed by atoms with E-state index in [1.807, 2.05) is 0 Å². The van der Waals surface area contributed by atoms with Crippen molar-refractivity contribution in [1.82, 2.24) is 9.88 Å². The molecule has 1 N–H and O–H groups in total. The second-order valence-corrected chi connectivity index (χ2v) is 5.59. The Labute approximate surface area is 125 Å². The minimum absolute atomic E-state index is 0.0819. The van der Waals surface area contributed by atoms with Gasteiger partial charge in [0.15, 0.2) is 6.61 Å². The molecule has 1 unspecified atom stereocenters. The van der Waals surface area contributed by atoms with Gasteiger partial charge in [0.05, 0.1) is 6.10 Å². The lowest BCUT2D eigenvalue weighted by molar-refractivity contribution is -0.124. The number of aryl methyl sites for hydroxylation is 1. The molecular formula is C13H17BrN2O4. The first-order valence-corrected chi connectivity index (χ1v) is 7.23. The van der Waals surface area contributed by atoms with E-state index in [-0.39, 0.29) is 18.6 Å². The van der Waals surface area contributed by atoms with Crippen LogP contribution in [0.3, 0.4) is 0 Å². The Morgan fingerprint density at radius 3 is 3.00 bits per heavy atom. The molecule has 0 bridgehead atoms. The second-order valence-electron chi connectivity index (χ2n) is 4.67. The standard InChI is InChI=1S/C13H17BrN2O4/c1-16-7-9(14)5-11(16)13(18)20-8-12(17)15-6-10-3-2-4-19-10/h5,7,10H,2-4,6,8H2,1H3,(H,15,17). The predicted octanol–water partition coefficient (Wildman–Crippen LogP) is 1.24. The van der Waals surface area contributed by atoms with Crippen molar-refractivity contribution < 1.29 is 19.1 Å². The molecule has 0 radical (unpaired) electrons. The van der Waals surface area contributed by atoms with Crippen molar-refractivity contribution in [2.45, 2.75) is 18.9 Å². The molecule has 20 heavy (non-hydrogen) atoms. The van der Waals surface area contributed by atoms with Crippen LogP contribution in [0.25, 0.3) is 0 Å². The van der Waals surface area contributed by atoms with E-state index in [1.54, 1.807) is 23.9 Å². The van der Waals surface area contributed by atoms with Crippen molar-refractivity contribution in [2.24, 2.45) is 7.05 Å². The van der Waals surface area contributed by atoms with Crippen molar-refractivity contribution in [1.29, 1.82) is 0 Å². The van der Waals surface area contributed by atoms with Crippen molar-refractivity contribution >= 4 is 27.8 Å². The molecule has 1 fully saturated rings. The molecule has 2 rings (SSSR count). The fraction of sp³-hybridized carbons (Fsp3) is 0.538. The van der Waals surface area contributed by atoms with Crippen LogP contribution in [0.5, 0.6) is 0 Å². The van der Waals surface area contributed by atoms with Gasteiger partial charge in [-0.25, -0.2) is 4.79 Å². The molecule has 1 aromatic heterocycles. The Morgan fingerprint density at radius 2 is 2.40 bits per heavy atom. The first-order valence-electron chi connectivity index (χ1n) is 6.43. The summed E-state index contributed by atoms with van der Waals surface area (Å²) < 4.78 is 12.8. The number of rotatable bonds is 5. The van der Waals surface area contributed by atoms with Gasteiger partial charge in [-0.1, -0.05) is 0 Å². The fourth-order valence-electron chi connectivity index (χ4n) is 2.02. The van der Waals surface area contributed by atoms with E-state index in [4.69, 9.17) is 9.47 Å². The van der Waals surface area contributed by atoms with Gasteiger partial charge in [-0.2, -0.15) is 0 Å². The topological polar surface area (TPSA) is 69.6 Å². The summed E-state index contributed by atoms with van der Waals surface area (Å²) in [6.45, 7) is 0.929. The van der Waals surface area contributed by atoms with E-state index in [0.717, 1.165) is 23.9 Å². The Balaban J connectivity index is 1.72. The number of halogens is 1. The van der Waals surface area contributed by atoms with Crippen molar-refractivity contribution in [2.75, 3.05) is 19.8 Å². The number of hydrogen-bond donors (Lipinski definition) is 1. The van der Waals surface area contributed by atoms with Crippen LogP contribution in [0, 0.1) is 0 Å². The third-order valence-corrected chi connectivity index (χ3v) is 3.50. The number of ether oxygens (including phenoxy) is 2. The van der Waals surface area contributed by atoms with Crippen LogP contribution >= 0.6 is 15.9 Å². The third kappa shape index (κ3) is 4.08. The van der Waals surface area contributed by atoms with Crippen LogP contribution in [-0.2, 0) is 21.3 Å². The molecule has 1 saturated heterocycles. The summed E-state index contributed by atoms with van der Waals surface area (Å²) in [7, 11) is 1.73. The highest BCUT2D eigenvalue weighted by atomic mass is 79.9. The molecule has 1 aromatic rings. The van der Waals surface area contributed by atoms with Crippen LogP contribution in [-0.4, -0.2) is 42.3 Å². The third-order valence-electron chi connectivity index (χ3n) is 3.07. The first-order chi connectivity index (χ1) is 9.56. The Morgan fingerprint density at radius 1 is 1.60 bits per heavy atom. The van der Waals surface area contributed by atoms with Gasteiger partial charge in [0, 0.05) is 30.9 Å². The smallest absolute Gasteiger partial charge is 0.355 e. The highest BCUT2D eigenvalue weighted by molar-refractivity contribution is 9.10. The van der Waals surface area contributed by atoms with Crippen LogP contribution in [0.4, 0.5) is 0 Å². The number of aromatic nitrogens is 1. The summed E-state index contributed by atoms with van der Waals surface area (Å²) >= 11 is 3.27. The normalized spacial score (nSPS) is 18.0. The van der Waals surface area contributed by atoms with Gasteiger partial charge in [0.2, 0.25) is 0 Å². The molecule has 0 aromatic carbocycles. The van der Waals surface area contributed by atoms with Crippen molar-refractivity contribution in [3.05, 3.63) is 22.4 Å². The van der Waals surface area contributed by atoms with Gasteiger partial charge in [0.25, 0.3) is 5.91 Å². The molecular weight excluding hydrogens is 328 g/mol. The predicted molar refractivity (Wildman–Crippen MR) is 75.4 cm³/mol. The fourth-order valence-corrected chi connectivity index (χ4v) is 2.54. The largest absolute Gasteiger partial charge is 0.451 e. The Kier molecular flexibility index (Phi) is 5.19. The van der Waals surface area contributed by atoms with Gasteiger partial charge in [-0.05, 0) is 34.8 Å². The van der Waals surface area contributed by atoms with E-state index in [9.17, 15) is 9.59 Å². The summed E-state index contributed by atoms with van der Waals surface area (Å²) in [5.41, 5.74) is 0.392. The molecule has 6 nitrogen and oxygen atoms in total. The Bertz CT molecular complexity index is 495. The average molecular weight is 345 g/mol. The number of nitrogens with zero attached hydrogens (tertiary/aromatic N) is 1.